The van der Waals surface area contributed by atoms with Gasteiger partial charge in [0.05, 0.1) is 5.56 Å². The van der Waals surface area contributed by atoms with Crippen molar-refractivity contribution >= 4 is 5.91 Å². The summed E-state index contributed by atoms with van der Waals surface area (Å²) in [4.78, 5) is 14.4. The van der Waals surface area contributed by atoms with Crippen molar-refractivity contribution < 1.29 is 23.1 Å². The molecule has 1 aliphatic heterocycles. The van der Waals surface area contributed by atoms with Gasteiger partial charge in [0.15, 0.2) is 0 Å². The zero-order valence-electron chi connectivity index (χ0n) is 14.0. The molecule has 0 saturated carbocycles. The normalized spacial score (nSPS) is 18.0. The van der Waals surface area contributed by atoms with Gasteiger partial charge in [-0.2, -0.15) is 13.2 Å². The van der Waals surface area contributed by atoms with Gasteiger partial charge in [0.25, 0.3) is 5.91 Å². The van der Waals surface area contributed by atoms with Crippen molar-refractivity contribution in [3.05, 3.63) is 65.2 Å². The van der Waals surface area contributed by atoms with Gasteiger partial charge < -0.3 is 10.4 Å². The van der Waals surface area contributed by atoms with Crippen LogP contribution in [0.1, 0.15) is 27.9 Å². The number of phenolic OH excluding ortho intramolecular Hbond substituents is 1. The summed E-state index contributed by atoms with van der Waals surface area (Å²) in [6.07, 6.45) is -3.77. The largest absolute Gasteiger partial charge is 0.508 e. The number of hydrogen-bond donors (Lipinski definition) is 2. The molecule has 2 aromatic carbocycles. The molecular weight excluding hydrogens is 345 g/mol. The van der Waals surface area contributed by atoms with Crippen LogP contribution in [0.3, 0.4) is 0 Å². The minimum Gasteiger partial charge on any atom is -0.508 e. The lowest BCUT2D eigenvalue weighted by Crippen LogP contribution is -2.37. The zero-order chi connectivity index (χ0) is 18.7. The first-order valence-corrected chi connectivity index (χ1v) is 8.30. The van der Waals surface area contributed by atoms with Gasteiger partial charge in [0, 0.05) is 36.8 Å². The van der Waals surface area contributed by atoms with Crippen molar-refractivity contribution in [3.63, 3.8) is 0 Å². The van der Waals surface area contributed by atoms with Gasteiger partial charge in [-0.1, -0.05) is 24.3 Å². The third-order valence-corrected chi connectivity index (χ3v) is 4.45. The quantitative estimate of drug-likeness (QED) is 0.874. The minimum absolute atomic E-state index is 0.000946. The van der Waals surface area contributed by atoms with Crippen LogP contribution in [0.25, 0.3) is 0 Å². The van der Waals surface area contributed by atoms with Gasteiger partial charge in [-0.3, -0.25) is 9.69 Å². The van der Waals surface area contributed by atoms with Gasteiger partial charge >= 0.3 is 6.18 Å². The number of para-hydroxylation sites is 1. The molecule has 1 amide bonds. The number of hydrogen-bond acceptors (Lipinski definition) is 3. The number of aromatic hydroxyl groups is 1. The predicted octanol–water partition coefficient (Wildman–Crippen LogP) is 3.42. The number of nitrogens with one attached hydrogen (secondary N) is 1. The van der Waals surface area contributed by atoms with Gasteiger partial charge in [-0.15, -0.1) is 0 Å². The summed E-state index contributed by atoms with van der Waals surface area (Å²) >= 11 is 0. The summed E-state index contributed by atoms with van der Waals surface area (Å²) in [5.74, 6) is -0.283. The summed E-state index contributed by atoms with van der Waals surface area (Å²) in [7, 11) is 0. The van der Waals surface area contributed by atoms with Gasteiger partial charge in [-0.25, -0.2) is 0 Å². The predicted molar refractivity (Wildman–Crippen MR) is 90.7 cm³/mol. The van der Waals surface area contributed by atoms with Crippen LogP contribution in [-0.4, -0.2) is 35.0 Å². The fourth-order valence-electron chi connectivity index (χ4n) is 3.09. The Balaban J connectivity index is 1.59. The van der Waals surface area contributed by atoms with Gasteiger partial charge in [0.2, 0.25) is 0 Å². The topological polar surface area (TPSA) is 52.6 Å². The maximum atomic E-state index is 12.8. The molecule has 138 valence electrons. The number of halogens is 3. The van der Waals surface area contributed by atoms with E-state index in [1.54, 1.807) is 12.1 Å². The second-order valence-electron chi connectivity index (χ2n) is 6.40. The van der Waals surface area contributed by atoms with Crippen LogP contribution in [0, 0.1) is 0 Å². The summed E-state index contributed by atoms with van der Waals surface area (Å²) in [6.45, 7) is 1.88. The second kappa shape index (κ2) is 7.37. The van der Waals surface area contributed by atoms with Gasteiger partial charge in [-0.05, 0) is 30.7 Å². The van der Waals surface area contributed by atoms with E-state index < -0.39 is 17.6 Å². The van der Waals surface area contributed by atoms with E-state index >= 15 is 0 Å². The first kappa shape index (κ1) is 18.3. The summed E-state index contributed by atoms with van der Waals surface area (Å²) in [5, 5.41) is 12.6. The highest BCUT2D eigenvalue weighted by atomic mass is 19.4. The lowest BCUT2D eigenvalue weighted by molar-refractivity contribution is -0.137. The molecule has 0 aromatic heterocycles. The van der Waals surface area contributed by atoms with E-state index in [4.69, 9.17) is 0 Å². The summed E-state index contributed by atoms with van der Waals surface area (Å²) in [6, 6.07) is 11.3. The summed E-state index contributed by atoms with van der Waals surface area (Å²) < 4.78 is 38.3. The maximum Gasteiger partial charge on any atom is 0.416 e. The van der Waals surface area contributed by atoms with Crippen LogP contribution < -0.4 is 5.32 Å². The molecule has 1 fully saturated rings. The molecule has 0 radical (unpaired) electrons. The number of carbonyl (C=O) groups is 1. The number of nitrogens with zero attached hydrogens (tertiary/aromatic N) is 1. The fraction of sp³-hybridized carbons (Fsp3) is 0.316. The highest BCUT2D eigenvalue weighted by Crippen LogP contribution is 2.29. The van der Waals surface area contributed by atoms with E-state index in [0.29, 0.717) is 19.5 Å². The summed E-state index contributed by atoms with van der Waals surface area (Å²) in [5.41, 5.74) is -0.0333. The van der Waals surface area contributed by atoms with E-state index in [1.807, 2.05) is 12.1 Å². The molecule has 4 nitrogen and oxygen atoms in total. The standard InChI is InChI=1S/C19H19F3N2O2/c20-19(21,22)15-6-3-5-13(10-15)18(26)23-16-8-9-24(12-16)11-14-4-1-2-7-17(14)25/h1-7,10,16,25H,8-9,11-12H2,(H,23,26). The molecule has 1 aliphatic rings. The Bertz CT molecular complexity index is 792. The molecule has 1 heterocycles. The number of amides is 1. The molecule has 0 aliphatic carbocycles. The smallest absolute Gasteiger partial charge is 0.416 e. The average Bonchev–Trinajstić information content (AvgIpc) is 3.03. The van der Waals surface area contributed by atoms with E-state index in [-0.39, 0.29) is 17.4 Å². The number of phenols is 1. The first-order chi connectivity index (χ1) is 12.3. The Morgan fingerprint density at radius 2 is 1.96 bits per heavy atom. The van der Waals surface area contributed by atoms with Crippen molar-refractivity contribution in [1.29, 1.82) is 0 Å². The van der Waals surface area contributed by atoms with Crippen molar-refractivity contribution in [2.45, 2.75) is 25.2 Å². The number of alkyl halides is 3. The molecule has 1 unspecified atom stereocenters. The highest BCUT2D eigenvalue weighted by Gasteiger charge is 2.31. The Morgan fingerprint density at radius 1 is 1.19 bits per heavy atom. The van der Waals surface area contributed by atoms with Crippen LogP contribution in [-0.2, 0) is 12.7 Å². The van der Waals surface area contributed by atoms with Crippen LogP contribution in [0.2, 0.25) is 0 Å². The lowest BCUT2D eigenvalue weighted by Gasteiger charge is -2.17. The highest BCUT2D eigenvalue weighted by molar-refractivity contribution is 5.94. The average molecular weight is 364 g/mol. The number of likely N-dealkylation sites (tertiary alicyclic amines) is 1. The van der Waals surface area contributed by atoms with E-state index in [0.717, 1.165) is 24.2 Å². The van der Waals surface area contributed by atoms with Crippen LogP contribution in [0.5, 0.6) is 5.75 Å². The second-order valence-corrected chi connectivity index (χ2v) is 6.40. The maximum absolute atomic E-state index is 12.8. The SMILES string of the molecule is O=C(NC1CCN(Cc2ccccc2O)C1)c1cccc(C(F)(F)F)c1. The molecule has 3 rings (SSSR count). The van der Waals surface area contributed by atoms with E-state index in [2.05, 4.69) is 10.2 Å². The zero-order valence-corrected chi connectivity index (χ0v) is 14.0. The Kier molecular flexibility index (Phi) is 5.18. The fourth-order valence-corrected chi connectivity index (χ4v) is 3.09. The Morgan fingerprint density at radius 3 is 2.69 bits per heavy atom. The Labute approximate surface area is 149 Å². The van der Waals surface area contributed by atoms with Crippen molar-refractivity contribution in [2.75, 3.05) is 13.1 Å². The third kappa shape index (κ3) is 4.35. The van der Waals surface area contributed by atoms with E-state index in [9.17, 15) is 23.1 Å². The van der Waals surface area contributed by atoms with Crippen molar-refractivity contribution in [3.8, 4) is 5.75 Å². The minimum atomic E-state index is -4.47. The van der Waals surface area contributed by atoms with Crippen molar-refractivity contribution in [2.24, 2.45) is 0 Å². The molecule has 2 aromatic rings. The Hall–Kier alpha value is -2.54. The molecule has 26 heavy (non-hydrogen) atoms. The third-order valence-electron chi connectivity index (χ3n) is 4.45. The van der Waals surface area contributed by atoms with Crippen molar-refractivity contribution in [1.82, 2.24) is 10.2 Å². The molecule has 1 atom stereocenters. The van der Waals surface area contributed by atoms with Gasteiger partial charge in [0.1, 0.15) is 5.75 Å². The monoisotopic (exact) mass is 364 g/mol. The molecule has 1 saturated heterocycles. The lowest BCUT2D eigenvalue weighted by atomic mass is 10.1. The molecule has 0 spiro atoms. The van der Waals surface area contributed by atoms with Crippen LogP contribution in [0.4, 0.5) is 13.2 Å². The van der Waals surface area contributed by atoms with E-state index in [1.165, 1.54) is 12.1 Å². The number of rotatable bonds is 4. The number of benzene rings is 2. The van der Waals surface area contributed by atoms with Crippen LogP contribution >= 0.6 is 0 Å². The van der Waals surface area contributed by atoms with Crippen LogP contribution in [0.15, 0.2) is 48.5 Å². The molecular formula is C19H19F3N2O2. The molecule has 0 bridgehead atoms. The molecule has 2 N–H and O–H groups in total. The molecule has 7 heteroatoms. The first-order valence-electron chi connectivity index (χ1n) is 8.30. The number of carbonyl (C=O) groups excluding carboxylic acids is 1.